The van der Waals surface area contributed by atoms with Gasteiger partial charge >= 0.3 is 6.03 Å². The zero-order valence-electron chi connectivity index (χ0n) is 31.2. The Morgan fingerprint density at radius 1 is 1.02 bits per heavy atom. The van der Waals surface area contributed by atoms with Crippen LogP contribution in [0.4, 0.5) is 4.79 Å². The summed E-state index contributed by atoms with van der Waals surface area (Å²) in [6.45, 7) is 13.2. The number of rotatable bonds is 14. The first-order valence-corrected chi connectivity index (χ1v) is 19.0. The lowest BCUT2D eigenvalue weighted by molar-refractivity contribution is -0.145. The minimum absolute atomic E-state index is 0.0811. The lowest BCUT2D eigenvalue weighted by atomic mass is 9.70. The van der Waals surface area contributed by atoms with Gasteiger partial charge in [0.25, 0.3) is 5.91 Å². The summed E-state index contributed by atoms with van der Waals surface area (Å²) >= 11 is 0. The van der Waals surface area contributed by atoms with Crippen molar-refractivity contribution in [2.24, 2.45) is 22.7 Å². The summed E-state index contributed by atoms with van der Waals surface area (Å²) in [6.07, 6.45) is 16.4. The number of amides is 6. The number of terminal acetylenes is 1. The van der Waals surface area contributed by atoms with Gasteiger partial charge in [-0.1, -0.05) is 59.5 Å². The van der Waals surface area contributed by atoms with Gasteiger partial charge in [0.15, 0.2) is 0 Å². The SMILES string of the molecule is C#CCCC(NC(=O)[C@@H]1[C@H]2CCC[C@H]2CN1C(=O)[C@@H](NC(=O)N[C@H](CN1CCCCC1=O)C(C)(C)C)C1(C)CCCCC1)C(=O)C(=O)NCC=C. The van der Waals surface area contributed by atoms with Crippen LogP contribution in [0.25, 0.3) is 0 Å². The van der Waals surface area contributed by atoms with Crippen LogP contribution < -0.4 is 21.3 Å². The number of likely N-dealkylation sites (tertiary alicyclic amines) is 2. The number of Topliss-reactive ketones (excluding diaryl/α,β-unsaturated/α-hetero) is 1. The fourth-order valence-corrected chi connectivity index (χ4v) is 8.52. The van der Waals surface area contributed by atoms with Crippen LogP contribution in [0.1, 0.15) is 111 Å². The summed E-state index contributed by atoms with van der Waals surface area (Å²) in [6, 6.07) is -3.73. The van der Waals surface area contributed by atoms with E-state index in [1.165, 1.54) is 6.08 Å². The fourth-order valence-electron chi connectivity index (χ4n) is 8.52. The number of nitrogens with zero attached hydrogens (tertiary/aromatic N) is 2. The Morgan fingerprint density at radius 2 is 1.75 bits per heavy atom. The Hall–Kier alpha value is -3.88. The molecule has 0 aromatic rings. The summed E-state index contributed by atoms with van der Waals surface area (Å²) in [5.74, 6) is 0.145. The summed E-state index contributed by atoms with van der Waals surface area (Å²) < 4.78 is 0. The van der Waals surface area contributed by atoms with Gasteiger partial charge in [0.2, 0.25) is 23.5 Å². The second-order valence-corrected chi connectivity index (χ2v) is 16.4. The van der Waals surface area contributed by atoms with E-state index in [4.69, 9.17) is 6.42 Å². The number of piperidine rings is 1. The summed E-state index contributed by atoms with van der Waals surface area (Å²) in [5.41, 5.74) is -0.908. The third-order valence-corrected chi connectivity index (χ3v) is 11.7. The third kappa shape index (κ3) is 9.92. The van der Waals surface area contributed by atoms with Crippen molar-refractivity contribution in [3.05, 3.63) is 12.7 Å². The Balaban J connectivity index is 1.58. The van der Waals surface area contributed by atoms with E-state index in [1.807, 2.05) is 32.6 Å². The second-order valence-electron chi connectivity index (χ2n) is 16.4. The average molecular weight is 709 g/mol. The maximum Gasteiger partial charge on any atom is 0.315 e. The Kier molecular flexibility index (Phi) is 13.7. The molecule has 282 valence electrons. The summed E-state index contributed by atoms with van der Waals surface area (Å²) in [7, 11) is 0. The van der Waals surface area contributed by atoms with E-state index in [1.54, 1.807) is 4.90 Å². The normalized spacial score (nSPS) is 24.7. The molecule has 4 N–H and O–H groups in total. The molecule has 12 nitrogen and oxygen atoms in total. The Bertz CT molecular complexity index is 1360. The number of carbonyl (C=O) groups is 6. The molecule has 4 aliphatic rings. The van der Waals surface area contributed by atoms with Crippen molar-refractivity contribution in [3.8, 4) is 12.3 Å². The van der Waals surface area contributed by atoms with E-state index in [0.29, 0.717) is 26.1 Å². The number of hydrogen-bond donors (Lipinski definition) is 4. The third-order valence-electron chi connectivity index (χ3n) is 11.7. The molecule has 51 heavy (non-hydrogen) atoms. The van der Waals surface area contributed by atoms with Crippen molar-refractivity contribution in [1.29, 1.82) is 0 Å². The zero-order valence-corrected chi connectivity index (χ0v) is 31.2. The standard InChI is InChI=1S/C39H60N6O6/c1-7-9-18-28(32(47)35(49)40-22-8-2)41-34(48)31-27-17-15-16-26(27)24-45(31)36(50)33(39(6)20-12-10-13-21-39)43-37(51)42-29(38(3,4)5)25-44-23-14-11-19-30(44)46/h1,8,26-29,31,33H,2,9-25H2,3-6H3,(H,40,49)(H,41,48)(H2,42,43,51)/t26-,27-,28?,29+,31-,33+/m0/s1. The van der Waals surface area contributed by atoms with Crippen LogP contribution in [-0.2, 0) is 24.0 Å². The highest BCUT2D eigenvalue weighted by Gasteiger charge is 2.53. The quantitative estimate of drug-likeness (QED) is 0.123. The predicted octanol–water partition coefficient (Wildman–Crippen LogP) is 3.45. The molecule has 6 amide bonds. The first-order valence-electron chi connectivity index (χ1n) is 19.0. The van der Waals surface area contributed by atoms with Gasteiger partial charge in [-0.3, -0.25) is 24.0 Å². The van der Waals surface area contributed by atoms with E-state index in [9.17, 15) is 28.8 Å². The molecule has 6 atom stereocenters. The monoisotopic (exact) mass is 708 g/mol. The minimum atomic E-state index is -1.15. The molecule has 2 aliphatic heterocycles. The Labute approximate surface area is 304 Å². The van der Waals surface area contributed by atoms with E-state index < -0.39 is 47.2 Å². The molecule has 2 heterocycles. The number of fused-ring (bicyclic) bond motifs is 1. The highest BCUT2D eigenvalue weighted by Crippen LogP contribution is 2.45. The number of hydrogen-bond acceptors (Lipinski definition) is 6. The van der Waals surface area contributed by atoms with Crippen LogP contribution >= 0.6 is 0 Å². The molecule has 2 saturated heterocycles. The maximum absolute atomic E-state index is 14.9. The summed E-state index contributed by atoms with van der Waals surface area (Å²) in [5, 5.41) is 11.5. The predicted molar refractivity (Wildman–Crippen MR) is 195 cm³/mol. The molecule has 0 spiro atoms. The molecular formula is C39H60N6O6. The molecule has 0 radical (unpaired) electrons. The van der Waals surface area contributed by atoms with Crippen LogP contribution in [-0.4, -0.2) is 95.6 Å². The topological polar surface area (TPSA) is 157 Å². The van der Waals surface area contributed by atoms with Crippen LogP contribution in [0.3, 0.4) is 0 Å². The van der Waals surface area contributed by atoms with E-state index in [2.05, 4.69) is 33.8 Å². The van der Waals surface area contributed by atoms with Gasteiger partial charge in [-0.25, -0.2) is 4.79 Å². The number of carbonyl (C=O) groups excluding carboxylic acids is 6. The van der Waals surface area contributed by atoms with Gasteiger partial charge in [-0.15, -0.1) is 18.9 Å². The maximum atomic E-state index is 14.9. The van der Waals surface area contributed by atoms with Crippen LogP contribution in [0.2, 0.25) is 0 Å². The number of ketones is 1. The van der Waals surface area contributed by atoms with Gasteiger partial charge in [0.1, 0.15) is 12.1 Å². The smallest absolute Gasteiger partial charge is 0.315 e. The van der Waals surface area contributed by atoms with Gasteiger partial charge in [-0.05, 0) is 67.6 Å². The number of nitrogens with one attached hydrogen (secondary N) is 4. The largest absolute Gasteiger partial charge is 0.346 e. The van der Waals surface area contributed by atoms with E-state index >= 15 is 0 Å². The van der Waals surface area contributed by atoms with Gasteiger partial charge in [0.05, 0.1) is 12.1 Å². The summed E-state index contributed by atoms with van der Waals surface area (Å²) in [4.78, 5) is 84.9. The van der Waals surface area contributed by atoms with Crippen molar-refractivity contribution < 1.29 is 28.8 Å². The minimum Gasteiger partial charge on any atom is -0.346 e. The molecule has 0 bridgehead atoms. The highest BCUT2D eigenvalue weighted by molar-refractivity contribution is 6.38. The molecule has 4 rings (SSSR count). The first kappa shape index (κ1) is 39.9. The van der Waals surface area contributed by atoms with Crippen LogP contribution in [0.5, 0.6) is 0 Å². The van der Waals surface area contributed by atoms with E-state index in [-0.39, 0.29) is 54.5 Å². The van der Waals surface area contributed by atoms with Gasteiger partial charge in [-0.2, -0.15) is 0 Å². The molecule has 4 fully saturated rings. The molecule has 0 aromatic carbocycles. The molecule has 1 unspecified atom stereocenters. The van der Waals surface area contributed by atoms with Crippen molar-refractivity contribution in [3.63, 3.8) is 0 Å². The average Bonchev–Trinajstić information content (AvgIpc) is 3.69. The highest BCUT2D eigenvalue weighted by atomic mass is 16.2. The fraction of sp³-hybridized carbons (Fsp3) is 0.744. The van der Waals surface area contributed by atoms with Crippen LogP contribution in [0.15, 0.2) is 12.7 Å². The Morgan fingerprint density at radius 3 is 2.39 bits per heavy atom. The van der Waals surface area contributed by atoms with Crippen LogP contribution in [0, 0.1) is 35.0 Å². The molecule has 0 aromatic heterocycles. The lowest BCUT2D eigenvalue weighted by Crippen LogP contribution is -2.63. The van der Waals surface area contributed by atoms with Crippen molar-refractivity contribution >= 4 is 35.4 Å². The zero-order chi connectivity index (χ0) is 37.3. The van der Waals surface area contributed by atoms with Crippen molar-refractivity contribution in [2.75, 3.05) is 26.2 Å². The van der Waals surface area contributed by atoms with E-state index in [0.717, 1.165) is 64.2 Å². The number of urea groups is 1. The van der Waals surface area contributed by atoms with Gasteiger partial charge in [0, 0.05) is 39.0 Å². The van der Waals surface area contributed by atoms with Gasteiger partial charge < -0.3 is 31.1 Å². The molecule has 2 saturated carbocycles. The lowest BCUT2D eigenvalue weighted by Gasteiger charge is -2.43. The molecule has 2 aliphatic carbocycles. The molecular weight excluding hydrogens is 648 g/mol. The van der Waals surface area contributed by atoms with Crippen molar-refractivity contribution in [1.82, 2.24) is 31.1 Å². The van der Waals surface area contributed by atoms with Crippen molar-refractivity contribution in [2.45, 2.75) is 135 Å². The first-order chi connectivity index (χ1) is 24.2. The second kappa shape index (κ2) is 17.6. The molecule has 12 heteroatoms.